The first-order valence-electron chi connectivity index (χ1n) is 8.21. The van der Waals surface area contributed by atoms with Gasteiger partial charge in [0, 0.05) is 45.2 Å². The standard InChI is InChI=1S/C16H25N3O4/c1-22-16-3-2-13(23-11-15(20)21)10-14(16)19(6-4-16)9-8-18-7-5-17-12-18/h5,7,12-14H,2-4,6,8-11H2,1H3,(H,20,21)/t13-,14+,16-/m1/s1. The number of nitrogens with zero attached hydrogens (tertiary/aromatic N) is 3. The minimum Gasteiger partial charge on any atom is -0.480 e. The second-order valence-electron chi connectivity index (χ2n) is 6.47. The van der Waals surface area contributed by atoms with Crippen molar-refractivity contribution in [3.05, 3.63) is 18.7 Å². The molecule has 1 aromatic heterocycles. The largest absolute Gasteiger partial charge is 0.480 e. The number of aliphatic carboxylic acids is 1. The Morgan fingerprint density at radius 1 is 1.43 bits per heavy atom. The molecule has 2 heterocycles. The average Bonchev–Trinajstić information content (AvgIpc) is 3.18. The van der Waals surface area contributed by atoms with Gasteiger partial charge in [-0.1, -0.05) is 0 Å². The Morgan fingerprint density at radius 2 is 2.30 bits per heavy atom. The number of aromatic nitrogens is 2. The second-order valence-corrected chi connectivity index (χ2v) is 6.47. The minimum absolute atomic E-state index is 0.00761. The first kappa shape index (κ1) is 16.4. The van der Waals surface area contributed by atoms with Crippen molar-refractivity contribution in [1.29, 1.82) is 0 Å². The van der Waals surface area contributed by atoms with Gasteiger partial charge in [0.25, 0.3) is 0 Å². The van der Waals surface area contributed by atoms with Crippen LogP contribution in [-0.2, 0) is 20.8 Å². The molecule has 1 N–H and O–H groups in total. The number of fused-ring (bicyclic) bond motifs is 1. The normalized spacial score (nSPS) is 31.2. The van der Waals surface area contributed by atoms with Crippen molar-refractivity contribution in [3.8, 4) is 0 Å². The molecule has 2 fully saturated rings. The molecule has 1 aliphatic carbocycles. The van der Waals surface area contributed by atoms with Crippen LogP contribution in [0.5, 0.6) is 0 Å². The Hall–Kier alpha value is -1.44. The van der Waals surface area contributed by atoms with E-state index < -0.39 is 5.97 Å². The van der Waals surface area contributed by atoms with E-state index >= 15 is 0 Å². The Bertz CT molecular complexity index is 521. The summed E-state index contributed by atoms with van der Waals surface area (Å²) < 4.78 is 13.5. The van der Waals surface area contributed by atoms with E-state index in [1.54, 1.807) is 13.3 Å². The van der Waals surface area contributed by atoms with Crippen molar-refractivity contribution in [2.45, 2.75) is 50.0 Å². The summed E-state index contributed by atoms with van der Waals surface area (Å²) in [5.74, 6) is -0.906. The molecule has 2 aliphatic rings. The molecule has 0 spiro atoms. The number of likely N-dealkylation sites (tertiary alicyclic amines) is 1. The highest BCUT2D eigenvalue weighted by molar-refractivity contribution is 5.68. The number of rotatable bonds is 7. The quantitative estimate of drug-likeness (QED) is 0.806. The number of carboxylic acid groups (broad SMARTS) is 1. The maximum Gasteiger partial charge on any atom is 0.329 e. The lowest BCUT2D eigenvalue weighted by molar-refractivity contribution is -0.148. The molecule has 0 unspecified atom stereocenters. The summed E-state index contributed by atoms with van der Waals surface area (Å²) in [6, 6.07) is 0.295. The zero-order valence-corrected chi connectivity index (χ0v) is 13.6. The molecule has 7 heteroatoms. The van der Waals surface area contributed by atoms with Gasteiger partial charge in [0.2, 0.25) is 0 Å². The van der Waals surface area contributed by atoms with Gasteiger partial charge in [0.1, 0.15) is 6.61 Å². The van der Waals surface area contributed by atoms with E-state index in [0.29, 0.717) is 6.04 Å². The zero-order chi connectivity index (χ0) is 16.3. The average molecular weight is 323 g/mol. The Labute approximate surface area is 136 Å². The van der Waals surface area contributed by atoms with Crippen LogP contribution in [0.4, 0.5) is 0 Å². The van der Waals surface area contributed by atoms with Gasteiger partial charge < -0.3 is 19.1 Å². The van der Waals surface area contributed by atoms with E-state index in [9.17, 15) is 4.79 Å². The second kappa shape index (κ2) is 6.98. The summed E-state index contributed by atoms with van der Waals surface area (Å²) in [6.45, 7) is 2.64. The number of hydrogen-bond acceptors (Lipinski definition) is 5. The fourth-order valence-electron chi connectivity index (χ4n) is 4.03. The number of ether oxygens (including phenoxy) is 2. The van der Waals surface area contributed by atoms with Gasteiger partial charge >= 0.3 is 5.97 Å². The first-order valence-corrected chi connectivity index (χ1v) is 8.21. The van der Waals surface area contributed by atoms with Crippen LogP contribution in [0.2, 0.25) is 0 Å². The molecule has 1 aromatic rings. The molecule has 128 valence electrons. The molecule has 0 aromatic carbocycles. The van der Waals surface area contributed by atoms with E-state index in [1.165, 1.54) is 0 Å². The van der Waals surface area contributed by atoms with Gasteiger partial charge in [-0.25, -0.2) is 9.78 Å². The fraction of sp³-hybridized carbons (Fsp3) is 0.750. The van der Waals surface area contributed by atoms with Gasteiger partial charge in [-0.15, -0.1) is 0 Å². The molecule has 3 rings (SSSR count). The monoisotopic (exact) mass is 323 g/mol. The molecular weight excluding hydrogens is 298 g/mol. The van der Waals surface area contributed by atoms with Crippen LogP contribution in [0.25, 0.3) is 0 Å². The summed E-state index contributed by atoms with van der Waals surface area (Å²) >= 11 is 0. The lowest BCUT2D eigenvalue weighted by atomic mass is 9.79. The number of carboxylic acids is 1. The molecule has 0 radical (unpaired) electrons. The molecular formula is C16H25N3O4. The van der Waals surface area contributed by atoms with Crippen LogP contribution < -0.4 is 0 Å². The number of imidazole rings is 1. The number of hydrogen-bond donors (Lipinski definition) is 1. The summed E-state index contributed by atoms with van der Waals surface area (Å²) in [6.07, 6.45) is 9.27. The van der Waals surface area contributed by atoms with Crippen LogP contribution in [0.3, 0.4) is 0 Å². The van der Waals surface area contributed by atoms with Gasteiger partial charge in [-0.2, -0.15) is 0 Å². The van der Waals surface area contributed by atoms with Crippen molar-refractivity contribution in [2.75, 3.05) is 26.8 Å². The summed E-state index contributed by atoms with van der Waals surface area (Å²) in [5, 5.41) is 8.80. The molecule has 1 aliphatic heterocycles. The van der Waals surface area contributed by atoms with Crippen molar-refractivity contribution in [1.82, 2.24) is 14.5 Å². The zero-order valence-electron chi connectivity index (χ0n) is 13.6. The Morgan fingerprint density at radius 3 is 3.00 bits per heavy atom. The highest BCUT2D eigenvalue weighted by Crippen LogP contribution is 2.43. The van der Waals surface area contributed by atoms with Gasteiger partial charge in [0.15, 0.2) is 0 Å². The third-order valence-corrected chi connectivity index (χ3v) is 5.30. The Kier molecular flexibility index (Phi) is 4.99. The van der Waals surface area contributed by atoms with E-state index in [4.69, 9.17) is 14.6 Å². The summed E-state index contributed by atoms with van der Waals surface area (Å²) in [7, 11) is 1.80. The van der Waals surface area contributed by atoms with Crippen molar-refractivity contribution in [3.63, 3.8) is 0 Å². The predicted molar refractivity (Wildman–Crippen MR) is 83.2 cm³/mol. The fourth-order valence-corrected chi connectivity index (χ4v) is 4.03. The van der Waals surface area contributed by atoms with E-state index in [0.717, 1.165) is 45.3 Å². The predicted octanol–water partition coefficient (Wildman–Crippen LogP) is 0.996. The smallest absolute Gasteiger partial charge is 0.329 e. The molecule has 0 bridgehead atoms. The molecule has 1 saturated heterocycles. The summed E-state index contributed by atoms with van der Waals surface area (Å²) in [5.41, 5.74) is -0.0992. The SMILES string of the molecule is CO[C@@]12CC[C@@H](OCC(=O)O)C[C@@H]1N(CCn1ccnc1)CC2. The van der Waals surface area contributed by atoms with Crippen molar-refractivity contribution in [2.24, 2.45) is 0 Å². The summed E-state index contributed by atoms with van der Waals surface area (Å²) in [4.78, 5) is 17.3. The van der Waals surface area contributed by atoms with Crippen LogP contribution in [-0.4, -0.2) is 70.1 Å². The molecule has 23 heavy (non-hydrogen) atoms. The van der Waals surface area contributed by atoms with Crippen LogP contribution in [0.1, 0.15) is 25.7 Å². The number of carbonyl (C=O) groups is 1. The first-order chi connectivity index (χ1) is 11.1. The maximum atomic E-state index is 10.7. The Balaban J connectivity index is 1.61. The third-order valence-electron chi connectivity index (χ3n) is 5.30. The lowest BCUT2D eigenvalue weighted by Crippen LogP contribution is -2.52. The third kappa shape index (κ3) is 3.57. The van der Waals surface area contributed by atoms with E-state index in [1.807, 2.05) is 12.5 Å². The van der Waals surface area contributed by atoms with Crippen LogP contribution >= 0.6 is 0 Å². The number of methoxy groups -OCH3 is 1. The van der Waals surface area contributed by atoms with Crippen molar-refractivity contribution < 1.29 is 19.4 Å². The van der Waals surface area contributed by atoms with Gasteiger partial charge in [0.05, 0.1) is 18.0 Å². The van der Waals surface area contributed by atoms with Gasteiger partial charge in [-0.3, -0.25) is 4.90 Å². The van der Waals surface area contributed by atoms with Gasteiger partial charge in [-0.05, 0) is 25.7 Å². The van der Waals surface area contributed by atoms with Crippen molar-refractivity contribution >= 4 is 5.97 Å². The van der Waals surface area contributed by atoms with E-state index in [2.05, 4.69) is 14.5 Å². The molecule has 1 saturated carbocycles. The molecule has 0 amide bonds. The van der Waals surface area contributed by atoms with Crippen LogP contribution in [0.15, 0.2) is 18.7 Å². The van der Waals surface area contributed by atoms with Crippen LogP contribution in [0, 0.1) is 0 Å². The highest BCUT2D eigenvalue weighted by Gasteiger charge is 2.51. The lowest BCUT2D eigenvalue weighted by Gasteiger charge is -2.43. The topological polar surface area (TPSA) is 76.8 Å². The maximum absolute atomic E-state index is 10.7. The molecule has 3 atom stereocenters. The van der Waals surface area contributed by atoms with E-state index in [-0.39, 0.29) is 18.3 Å². The highest BCUT2D eigenvalue weighted by atomic mass is 16.5. The molecule has 7 nitrogen and oxygen atoms in total. The minimum atomic E-state index is -0.906.